The number of benzene rings is 1. The van der Waals surface area contributed by atoms with Crippen LogP contribution in [0.4, 0.5) is 5.69 Å². The quantitative estimate of drug-likeness (QED) is 0.895. The number of amides is 2. The highest BCUT2D eigenvalue weighted by Crippen LogP contribution is 2.17. The zero-order chi connectivity index (χ0) is 18.4. The number of nitrogens with one attached hydrogen (secondary N) is 1. The molecular formula is C20H23N3O3. The van der Waals surface area contributed by atoms with E-state index in [-0.39, 0.29) is 17.5 Å². The molecule has 6 nitrogen and oxygen atoms in total. The summed E-state index contributed by atoms with van der Waals surface area (Å²) in [7, 11) is 0. The van der Waals surface area contributed by atoms with E-state index in [0.29, 0.717) is 17.9 Å². The lowest BCUT2D eigenvalue weighted by Gasteiger charge is -2.26. The Balaban J connectivity index is 1.68. The van der Waals surface area contributed by atoms with Gasteiger partial charge in [-0.15, -0.1) is 0 Å². The normalized spacial score (nSPS) is 14.0. The standard InChI is InChI=1S/C20H23N3O3/c1-2-26-17-8-6-16(7-9-17)22-19(24)18-14-15(10-11-21-18)20(25)23-12-4-3-5-13-23/h6-11,14H,2-5,12-13H2,1H3,(H,22,24). The molecule has 0 aliphatic carbocycles. The smallest absolute Gasteiger partial charge is 0.274 e. The van der Waals surface area contributed by atoms with E-state index in [9.17, 15) is 9.59 Å². The van der Waals surface area contributed by atoms with Crippen LogP contribution in [-0.2, 0) is 0 Å². The van der Waals surface area contributed by atoms with Crippen LogP contribution in [0.2, 0.25) is 0 Å². The van der Waals surface area contributed by atoms with Gasteiger partial charge in [0.2, 0.25) is 0 Å². The summed E-state index contributed by atoms with van der Waals surface area (Å²) in [4.78, 5) is 31.0. The molecule has 2 heterocycles. The Hall–Kier alpha value is -2.89. The highest BCUT2D eigenvalue weighted by molar-refractivity contribution is 6.04. The molecule has 2 amide bonds. The molecule has 0 atom stereocenters. The van der Waals surface area contributed by atoms with Gasteiger partial charge in [-0.05, 0) is 62.6 Å². The van der Waals surface area contributed by atoms with E-state index in [2.05, 4.69) is 10.3 Å². The van der Waals surface area contributed by atoms with E-state index >= 15 is 0 Å². The van der Waals surface area contributed by atoms with Crippen molar-refractivity contribution in [3.8, 4) is 5.75 Å². The fourth-order valence-corrected chi connectivity index (χ4v) is 2.96. The van der Waals surface area contributed by atoms with Crippen molar-refractivity contribution in [1.82, 2.24) is 9.88 Å². The fourth-order valence-electron chi connectivity index (χ4n) is 2.96. The number of hydrogen-bond donors (Lipinski definition) is 1. The molecule has 2 aromatic rings. The average molecular weight is 353 g/mol. The third-order valence-electron chi connectivity index (χ3n) is 4.31. The van der Waals surface area contributed by atoms with Crippen molar-refractivity contribution < 1.29 is 14.3 Å². The van der Waals surface area contributed by atoms with Crippen molar-refractivity contribution in [1.29, 1.82) is 0 Å². The third kappa shape index (κ3) is 4.39. The van der Waals surface area contributed by atoms with Gasteiger partial charge in [0.15, 0.2) is 0 Å². The van der Waals surface area contributed by atoms with Crippen LogP contribution < -0.4 is 10.1 Å². The van der Waals surface area contributed by atoms with Crippen LogP contribution in [0, 0.1) is 0 Å². The summed E-state index contributed by atoms with van der Waals surface area (Å²) in [6.45, 7) is 4.05. The topological polar surface area (TPSA) is 71.5 Å². The maximum Gasteiger partial charge on any atom is 0.274 e. The van der Waals surface area contributed by atoms with E-state index in [1.54, 1.807) is 36.4 Å². The minimum atomic E-state index is -0.345. The van der Waals surface area contributed by atoms with Gasteiger partial charge in [0.25, 0.3) is 11.8 Å². The lowest BCUT2D eigenvalue weighted by atomic mass is 10.1. The second-order valence-electron chi connectivity index (χ2n) is 6.19. The lowest BCUT2D eigenvalue weighted by Crippen LogP contribution is -2.35. The molecule has 1 fully saturated rings. The van der Waals surface area contributed by atoms with Crippen LogP contribution in [0.25, 0.3) is 0 Å². The van der Waals surface area contributed by atoms with Crippen molar-refractivity contribution in [3.63, 3.8) is 0 Å². The summed E-state index contributed by atoms with van der Waals surface area (Å²) in [5, 5.41) is 2.79. The Morgan fingerprint density at radius 1 is 1.12 bits per heavy atom. The van der Waals surface area contributed by atoms with Gasteiger partial charge in [0.1, 0.15) is 11.4 Å². The van der Waals surface area contributed by atoms with Crippen LogP contribution in [0.1, 0.15) is 47.0 Å². The first-order valence-electron chi connectivity index (χ1n) is 8.97. The number of ether oxygens (including phenoxy) is 1. The van der Waals surface area contributed by atoms with Gasteiger partial charge in [-0.3, -0.25) is 14.6 Å². The molecule has 6 heteroatoms. The van der Waals surface area contributed by atoms with Crippen LogP contribution in [0.3, 0.4) is 0 Å². The SMILES string of the molecule is CCOc1ccc(NC(=O)c2cc(C(=O)N3CCCCC3)ccn2)cc1. The number of likely N-dealkylation sites (tertiary alicyclic amines) is 1. The average Bonchev–Trinajstić information content (AvgIpc) is 2.70. The number of carbonyl (C=O) groups is 2. The lowest BCUT2D eigenvalue weighted by molar-refractivity contribution is 0.0724. The molecule has 0 bridgehead atoms. The number of nitrogens with zero attached hydrogens (tertiary/aromatic N) is 2. The number of piperidine rings is 1. The van der Waals surface area contributed by atoms with Gasteiger partial charge in [0, 0.05) is 30.5 Å². The first kappa shape index (κ1) is 17.9. The van der Waals surface area contributed by atoms with Gasteiger partial charge in [-0.2, -0.15) is 0 Å². The van der Waals surface area contributed by atoms with E-state index in [1.165, 1.54) is 6.20 Å². The summed E-state index contributed by atoms with van der Waals surface area (Å²) < 4.78 is 5.38. The van der Waals surface area contributed by atoms with Crippen molar-refractivity contribution in [2.45, 2.75) is 26.2 Å². The molecule has 1 N–H and O–H groups in total. The predicted octanol–water partition coefficient (Wildman–Crippen LogP) is 3.36. The van der Waals surface area contributed by atoms with Gasteiger partial charge >= 0.3 is 0 Å². The van der Waals surface area contributed by atoms with Crippen molar-refractivity contribution >= 4 is 17.5 Å². The summed E-state index contributed by atoms with van der Waals surface area (Å²) in [5.74, 6) is 0.363. The maximum atomic E-state index is 12.6. The molecule has 1 saturated heterocycles. The van der Waals surface area contributed by atoms with Gasteiger partial charge < -0.3 is 15.0 Å². The monoisotopic (exact) mass is 353 g/mol. The molecular weight excluding hydrogens is 330 g/mol. The Labute approximate surface area is 153 Å². The van der Waals surface area contributed by atoms with Crippen LogP contribution in [0.5, 0.6) is 5.75 Å². The minimum absolute atomic E-state index is 0.0396. The van der Waals surface area contributed by atoms with Crippen molar-refractivity contribution in [2.24, 2.45) is 0 Å². The van der Waals surface area contributed by atoms with Gasteiger partial charge in [-0.1, -0.05) is 0 Å². The van der Waals surface area contributed by atoms with Gasteiger partial charge in [-0.25, -0.2) is 0 Å². The molecule has 3 rings (SSSR count). The highest BCUT2D eigenvalue weighted by Gasteiger charge is 2.19. The molecule has 0 spiro atoms. The van der Waals surface area contributed by atoms with Crippen molar-refractivity contribution in [3.05, 3.63) is 53.9 Å². The number of anilines is 1. The first-order valence-corrected chi connectivity index (χ1v) is 8.97. The predicted molar refractivity (Wildman–Crippen MR) is 99.6 cm³/mol. The molecule has 1 aliphatic rings. The Bertz CT molecular complexity index is 768. The maximum absolute atomic E-state index is 12.6. The highest BCUT2D eigenvalue weighted by atomic mass is 16.5. The number of carbonyl (C=O) groups excluding carboxylic acids is 2. The molecule has 0 radical (unpaired) electrons. The second kappa shape index (κ2) is 8.47. The second-order valence-corrected chi connectivity index (χ2v) is 6.19. The molecule has 1 aromatic carbocycles. The Morgan fingerprint density at radius 2 is 1.85 bits per heavy atom. The number of hydrogen-bond acceptors (Lipinski definition) is 4. The van der Waals surface area contributed by atoms with Crippen LogP contribution in [-0.4, -0.2) is 41.4 Å². The third-order valence-corrected chi connectivity index (χ3v) is 4.31. The fraction of sp³-hybridized carbons (Fsp3) is 0.350. The first-order chi connectivity index (χ1) is 12.7. The molecule has 136 valence electrons. The Kier molecular flexibility index (Phi) is 5.84. The molecule has 1 aromatic heterocycles. The van der Waals surface area contributed by atoms with E-state index in [1.807, 2.05) is 11.8 Å². The largest absolute Gasteiger partial charge is 0.494 e. The summed E-state index contributed by atoms with van der Waals surface area (Å²) in [5.41, 5.74) is 1.37. The van der Waals surface area contributed by atoms with Gasteiger partial charge in [0.05, 0.1) is 6.61 Å². The summed E-state index contributed by atoms with van der Waals surface area (Å²) >= 11 is 0. The number of rotatable bonds is 5. The minimum Gasteiger partial charge on any atom is -0.494 e. The van der Waals surface area contributed by atoms with E-state index in [4.69, 9.17) is 4.74 Å². The number of aromatic nitrogens is 1. The number of pyridine rings is 1. The Morgan fingerprint density at radius 3 is 2.54 bits per heavy atom. The zero-order valence-corrected chi connectivity index (χ0v) is 14.9. The molecule has 0 unspecified atom stereocenters. The van der Waals surface area contributed by atoms with Crippen molar-refractivity contribution in [2.75, 3.05) is 25.0 Å². The summed E-state index contributed by atoms with van der Waals surface area (Å²) in [6.07, 6.45) is 4.73. The summed E-state index contributed by atoms with van der Waals surface area (Å²) in [6, 6.07) is 10.3. The van der Waals surface area contributed by atoms with E-state index < -0.39 is 0 Å². The molecule has 0 saturated carbocycles. The zero-order valence-electron chi connectivity index (χ0n) is 14.9. The van der Waals surface area contributed by atoms with Crippen LogP contribution >= 0.6 is 0 Å². The molecule has 1 aliphatic heterocycles. The van der Waals surface area contributed by atoms with E-state index in [0.717, 1.165) is 38.1 Å². The van der Waals surface area contributed by atoms with Crippen LogP contribution in [0.15, 0.2) is 42.6 Å². The molecule has 26 heavy (non-hydrogen) atoms.